The molecule has 0 fully saturated rings. The van der Waals surface area contributed by atoms with Crippen molar-refractivity contribution < 1.29 is 4.74 Å². The molecule has 0 aromatic carbocycles. The van der Waals surface area contributed by atoms with Crippen LogP contribution >= 0.6 is 11.3 Å². The summed E-state index contributed by atoms with van der Waals surface area (Å²) in [6.45, 7) is 1.70. The van der Waals surface area contributed by atoms with Crippen LogP contribution in [0.25, 0.3) is 0 Å². The van der Waals surface area contributed by atoms with Crippen molar-refractivity contribution >= 4 is 11.3 Å². The van der Waals surface area contributed by atoms with E-state index in [2.05, 4.69) is 5.32 Å². The van der Waals surface area contributed by atoms with Crippen LogP contribution in [0.4, 0.5) is 0 Å². The van der Waals surface area contributed by atoms with Crippen LogP contribution in [0.1, 0.15) is 34.3 Å². The lowest BCUT2D eigenvalue weighted by Gasteiger charge is -2.20. The summed E-state index contributed by atoms with van der Waals surface area (Å²) in [6, 6.07) is 0. The quantitative estimate of drug-likeness (QED) is 0.852. The number of methoxy groups -OCH3 is 1. The molecule has 1 atom stereocenters. The van der Waals surface area contributed by atoms with Crippen LogP contribution in [0, 0.1) is 0 Å². The third-order valence-electron chi connectivity index (χ3n) is 2.83. The Bertz CT molecular complexity index is 324. The van der Waals surface area contributed by atoms with Gasteiger partial charge in [-0.2, -0.15) is 0 Å². The Kier molecular flexibility index (Phi) is 3.72. The number of rotatable bonds is 4. The predicted molar refractivity (Wildman–Crippen MR) is 62.4 cm³/mol. The van der Waals surface area contributed by atoms with Crippen LogP contribution in [-0.4, -0.2) is 25.7 Å². The first-order chi connectivity index (χ1) is 7.35. The highest BCUT2D eigenvalue weighted by Gasteiger charge is 2.23. The van der Waals surface area contributed by atoms with E-state index in [1.54, 1.807) is 7.11 Å². The fourth-order valence-electron chi connectivity index (χ4n) is 2.19. The molecule has 1 unspecified atom stereocenters. The van der Waals surface area contributed by atoms with Gasteiger partial charge in [0.25, 0.3) is 0 Å². The van der Waals surface area contributed by atoms with E-state index < -0.39 is 0 Å². The molecule has 0 radical (unpaired) electrons. The van der Waals surface area contributed by atoms with E-state index in [4.69, 9.17) is 9.72 Å². The molecule has 1 aliphatic rings. The molecule has 1 N–H and O–H groups in total. The van der Waals surface area contributed by atoms with Crippen molar-refractivity contribution in [2.24, 2.45) is 0 Å². The Hall–Kier alpha value is -0.450. The predicted octanol–water partition coefficient (Wildman–Crippen LogP) is 1.93. The summed E-state index contributed by atoms with van der Waals surface area (Å²) < 4.78 is 5.13. The molecule has 3 nitrogen and oxygen atoms in total. The highest BCUT2D eigenvalue weighted by molar-refractivity contribution is 7.11. The fraction of sp³-hybridized carbons (Fsp3) is 0.727. The summed E-state index contributed by atoms with van der Waals surface area (Å²) in [6.07, 6.45) is 3.77. The van der Waals surface area contributed by atoms with Crippen LogP contribution in [0.3, 0.4) is 0 Å². The lowest BCUT2D eigenvalue weighted by Crippen LogP contribution is -2.21. The fourth-order valence-corrected chi connectivity index (χ4v) is 3.36. The number of aryl methyl sites for hydroxylation is 1. The monoisotopic (exact) mass is 226 g/mol. The molecule has 1 aromatic heterocycles. The lowest BCUT2D eigenvalue weighted by molar-refractivity contribution is 0.184. The molecule has 0 saturated heterocycles. The Morgan fingerprint density at radius 3 is 3.20 bits per heavy atom. The van der Waals surface area contributed by atoms with E-state index in [0.717, 1.165) is 11.6 Å². The number of nitrogens with zero attached hydrogens (tertiary/aromatic N) is 1. The van der Waals surface area contributed by atoms with Crippen LogP contribution in [-0.2, 0) is 17.8 Å². The normalized spacial score (nSPS) is 20.3. The van der Waals surface area contributed by atoms with Gasteiger partial charge in [-0.15, -0.1) is 11.3 Å². The second-order valence-electron chi connectivity index (χ2n) is 4.00. The topological polar surface area (TPSA) is 34.1 Å². The maximum Gasteiger partial charge on any atom is 0.119 e. The van der Waals surface area contributed by atoms with Gasteiger partial charge in [0.1, 0.15) is 5.01 Å². The number of hydrogen-bond acceptors (Lipinski definition) is 4. The Morgan fingerprint density at radius 2 is 2.47 bits per heavy atom. The number of nitrogens with one attached hydrogen (secondary N) is 1. The molecule has 0 aliphatic heterocycles. The molecule has 15 heavy (non-hydrogen) atoms. The highest BCUT2D eigenvalue weighted by atomic mass is 32.1. The molecule has 4 heteroatoms. The van der Waals surface area contributed by atoms with E-state index >= 15 is 0 Å². The largest absolute Gasteiger partial charge is 0.378 e. The SMILES string of the molecule is CNCC1CCCc2sc(COC)nc21. The van der Waals surface area contributed by atoms with E-state index in [1.807, 2.05) is 18.4 Å². The molecule has 0 amide bonds. The maximum atomic E-state index is 5.13. The smallest absolute Gasteiger partial charge is 0.119 e. The highest BCUT2D eigenvalue weighted by Crippen LogP contribution is 2.34. The van der Waals surface area contributed by atoms with Crippen molar-refractivity contribution in [3.63, 3.8) is 0 Å². The first-order valence-corrected chi connectivity index (χ1v) is 6.28. The first kappa shape index (κ1) is 11.0. The minimum atomic E-state index is 0.612. The minimum absolute atomic E-state index is 0.612. The summed E-state index contributed by atoms with van der Waals surface area (Å²) in [5.41, 5.74) is 1.33. The third-order valence-corrected chi connectivity index (χ3v) is 3.94. The minimum Gasteiger partial charge on any atom is -0.378 e. The number of thiazole rings is 1. The number of aromatic nitrogens is 1. The van der Waals surface area contributed by atoms with Gasteiger partial charge in [-0.3, -0.25) is 0 Å². The number of ether oxygens (including phenoxy) is 1. The van der Waals surface area contributed by atoms with Gasteiger partial charge >= 0.3 is 0 Å². The van der Waals surface area contributed by atoms with Gasteiger partial charge in [-0.05, 0) is 26.3 Å². The van der Waals surface area contributed by atoms with Gasteiger partial charge in [0.2, 0.25) is 0 Å². The zero-order valence-electron chi connectivity index (χ0n) is 9.38. The molecule has 84 valence electrons. The van der Waals surface area contributed by atoms with Crippen molar-refractivity contribution in [1.29, 1.82) is 0 Å². The molecule has 1 aromatic rings. The zero-order valence-corrected chi connectivity index (χ0v) is 10.2. The standard InChI is InChI=1S/C11H18N2OS/c1-12-6-8-4-3-5-9-11(8)13-10(15-9)7-14-2/h8,12H,3-7H2,1-2H3. The Labute approximate surface area is 94.9 Å². The average molecular weight is 226 g/mol. The molecule has 1 aliphatic carbocycles. The molecular formula is C11H18N2OS. The van der Waals surface area contributed by atoms with Crippen LogP contribution in [0.5, 0.6) is 0 Å². The van der Waals surface area contributed by atoms with E-state index in [1.165, 1.54) is 29.8 Å². The summed E-state index contributed by atoms with van der Waals surface area (Å²) in [5.74, 6) is 0.612. The van der Waals surface area contributed by atoms with Gasteiger partial charge < -0.3 is 10.1 Å². The summed E-state index contributed by atoms with van der Waals surface area (Å²) in [7, 11) is 3.74. The van der Waals surface area contributed by atoms with Crippen molar-refractivity contribution in [3.05, 3.63) is 15.6 Å². The maximum absolute atomic E-state index is 5.13. The lowest BCUT2D eigenvalue weighted by atomic mass is 9.91. The molecule has 0 bridgehead atoms. The molecule has 0 spiro atoms. The molecular weight excluding hydrogens is 208 g/mol. The first-order valence-electron chi connectivity index (χ1n) is 5.47. The van der Waals surface area contributed by atoms with E-state index in [0.29, 0.717) is 12.5 Å². The molecule has 0 saturated carbocycles. The van der Waals surface area contributed by atoms with Gasteiger partial charge in [0, 0.05) is 24.4 Å². The summed E-state index contributed by atoms with van der Waals surface area (Å²) in [4.78, 5) is 6.17. The van der Waals surface area contributed by atoms with Gasteiger partial charge in [-0.25, -0.2) is 4.98 Å². The summed E-state index contributed by atoms with van der Waals surface area (Å²) >= 11 is 1.83. The van der Waals surface area contributed by atoms with Crippen LogP contribution < -0.4 is 5.32 Å². The molecule has 1 heterocycles. The van der Waals surface area contributed by atoms with E-state index in [9.17, 15) is 0 Å². The number of fused-ring (bicyclic) bond motifs is 1. The Balaban J connectivity index is 2.18. The second-order valence-corrected chi connectivity index (χ2v) is 5.16. The van der Waals surface area contributed by atoms with Gasteiger partial charge in [-0.1, -0.05) is 0 Å². The van der Waals surface area contributed by atoms with Crippen molar-refractivity contribution in [3.8, 4) is 0 Å². The van der Waals surface area contributed by atoms with Crippen molar-refractivity contribution in [2.45, 2.75) is 31.8 Å². The van der Waals surface area contributed by atoms with Crippen LogP contribution in [0.2, 0.25) is 0 Å². The van der Waals surface area contributed by atoms with Gasteiger partial charge in [0.05, 0.1) is 12.3 Å². The van der Waals surface area contributed by atoms with Crippen molar-refractivity contribution in [1.82, 2.24) is 10.3 Å². The second kappa shape index (κ2) is 5.05. The summed E-state index contributed by atoms with van der Waals surface area (Å²) in [5, 5.41) is 4.38. The third kappa shape index (κ3) is 2.38. The average Bonchev–Trinajstić information content (AvgIpc) is 2.62. The number of likely N-dealkylation sites (N-methyl/N-ethyl adjacent to an activating group) is 1. The Morgan fingerprint density at radius 1 is 1.60 bits per heavy atom. The zero-order chi connectivity index (χ0) is 10.7. The van der Waals surface area contributed by atoms with Crippen LogP contribution in [0.15, 0.2) is 0 Å². The number of hydrogen-bond donors (Lipinski definition) is 1. The van der Waals surface area contributed by atoms with Crippen molar-refractivity contribution in [2.75, 3.05) is 20.7 Å². The van der Waals surface area contributed by atoms with Gasteiger partial charge in [0.15, 0.2) is 0 Å². The van der Waals surface area contributed by atoms with E-state index in [-0.39, 0.29) is 0 Å². The molecule has 2 rings (SSSR count).